The van der Waals surface area contributed by atoms with Crippen LogP contribution in [0.15, 0.2) is 22.7 Å². The predicted molar refractivity (Wildman–Crippen MR) is 85.2 cm³/mol. The van der Waals surface area contributed by atoms with Crippen LogP contribution in [0.2, 0.25) is 0 Å². The zero-order valence-electron chi connectivity index (χ0n) is 12.3. The van der Waals surface area contributed by atoms with Gasteiger partial charge in [-0.1, -0.05) is 13.0 Å². The Bertz CT molecular complexity index is 438. The van der Waals surface area contributed by atoms with Crippen LogP contribution in [0.25, 0.3) is 0 Å². The maximum Gasteiger partial charge on any atom is 0.220 e. The van der Waals surface area contributed by atoms with E-state index in [4.69, 9.17) is 4.74 Å². The van der Waals surface area contributed by atoms with Crippen molar-refractivity contribution in [3.63, 3.8) is 0 Å². The maximum absolute atomic E-state index is 11.8. The molecule has 1 amide bonds. The number of ether oxygens (including phenoxy) is 1. The Kier molecular flexibility index (Phi) is 7.62. The molecule has 20 heavy (non-hydrogen) atoms. The van der Waals surface area contributed by atoms with E-state index < -0.39 is 0 Å². The molecule has 2 N–H and O–H groups in total. The molecule has 0 unspecified atom stereocenters. The lowest BCUT2D eigenvalue weighted by Gasteiger charge is -2.13. The van der Waals surface area contributed by atoms with Crippen LogP contribution in [-0.2, 0) is 11.2 Å². The first-order valence-electron chi connectivity index (χ1n) is 6.89. The quantitative estimate of drug-likeness (QED) is 0.763. The molecule has 0 fully saturated rings. The van der Waals surface area contributed by atoms with E-state index in [1.54, 1.807) is 7.11 Å². The minimum Gasteiger partial charge on any atom is -0.496 e. The molecule has 4 nitrogen and oxygen atoms in total. The van der Waals surface area contributed by atoms with E-state index >= 15 is 0 Å². The molecule has 0 heterocycles. The Morgan fingerprint density at radius 2 is 2.20 bits per heavy atom. The third kappa shape index (κ3) is 5.92. The van der Waals surface area contributed by atoms with E-state index in [1.807, 2.05) is 18.2 Å². The van der Waals surface area contributed by atoms with E-state index in [-0.39, 0.29) is 5.91 Å². The number of halogens is 1. The van der Waals surface area contributed by atoms with Crippen molar-refractivity contribution in [1.82, 2.24) is 10.6 Å². The van der Waals surface area contributed by atoms with E-state index in [0.29, 0.717) is 19.0 Å². The van der Waals surface area contributed by atoms with E-state index in [2.05, 4.69) is 40.4 Å². The first-order valence-corrected chi connectivity index (χ1v) is 7.68. The lowest BCUT2D eigenvalue weighted by Crippen LogP contribution is -2.38. The molecular weight excluding hydrogens is 320 g/mol. The largest absolute Gasteiger partial charge is 0.496 e. The fraction of sp³-hybridized carbons (Fsp3) is 0.533. The van der Waals surface area contributed by atoms with Crippen molar-refractivity contribution in [2.75, 3.05) is 20.2 Å². The second-order valence-electron chi connectivity index (χ2n) is 4.73. The first-order chi connectivity index (χ1) is 9.56. The molecule has 0 bridgehead atoms. The van der Waals surface area contributed by atoms with Crippen molar-refractivity contribution in [1.29, 1.82) is 0 Å². The number of hydrogen-bond donors (Lipinski definition) is 2. The number of rotatable bonds is 8. The molecule has 1 rings (SSSR count). The summed E-state index contributed by atoms with van der Waals surface area (Å²) in [5, 5.41) is 6.20. The standard InChI is InChI=1S/C15H23BrN2O2/c1-4-17-11(2)10-18-15(19)8-6-12-5-7-14(20-3)13(16)9-12/h5,7,9,11,17H,4,6,8,10H2,1-3H3,(H,18,19)/t11-/m1/s1. The molecule has 0 spiro atoms. The minimum atomic E-state index is 0.0849. The maximum atomic E-state index is 11.8. The highest BCUT2D eigenvalue weighted by atomic mass is 79.9. The normalized spacial score (nSPS) is 12.0. The van der Waals surface area contributed by atoms with Crippen LogP contribution in [0.5, 0.6) is 5.75 Å². The first kappa shape index (κ1) is 17.0. The molecule has 1 atom stereocenters. The molecule has 1 aromatic carbocycles. The third-order valence-electron chi connectivity index (χ3n) is 3.01. The minimum absolute atomic E-state index is 0.0849. The van der Waals surface area contributed by atoms with Gasteiger partial charge in [-0.15, -0.1) is 0 Å². The van der Waals surface area contributed by atoms with Crippen molar-refractivity contribution in [2.45, 2.75) is 32.7 Å². The Morgan fingerprint density at radius 1 is 1.45 bits per heavy atom. The molecule has 0 aliphatic carbocycles. The number of carbonyl (C=O) groups is 1. The number of carbonyl (C=O) groups excluding carboxylic acids is 1. The number of nitrogens with one attached hydrogen (secondary N) is 2. The molecule has 5 heteroatoms. The summed E-state index contributed by atoms with van der Waals surface area (Å²) in [7, 11) is 1.64. The lowest BCUT2D eigenvalue weighted by molar-refractivity contribution is -0.121. The fourth-order valence-electron chi connectivity index (χ4n) is 1.90. The van der Waals surface area contributed by atoms with Gasteiger partial charge in [0.1, 0.15) is 5.75 Å². The summed E-state index contributed by atoms with van der Waals surface area (Å²) in [5.74, 6) is 0.888. The average molecular weight is 343 g/mol. The van der Waals surface area contributed by atoms with Gasteiger partial charge < -0.3 is 15.4 Å². The van der Waals surface area contributed by atoms with Gasteiger partial charge in [-0.25, -0.2) is 0 Å². The molecule has 0 aliphatic heterocycles. The highest BCUT2D eigenvalue weighted by Gasteiger charge is 2.06. The highest BCUT2D eigenvalue weighted by molar-refractivity contribution is 9.10. The second kappa shape index (κ2) is 8.97. The topological polar surface area (TPSA) is 50.4 Å². The highest BCUT2D eigenvalue weighted by Crippen LogP contribution is 2.25. The SMILES string of the molecule is CCN[C@H](C)CNC(=O)CCc1ccc(OC)c(Br)c1. The van der Waals surface area contributed by atoms with Gasteiger partial charge in [0.25, 0.3) is 0 Å². The summed E-state index contributed by atoms with van der Waals surface area (Å²) in [6, 6.07) is 6.19. The molecule has 1 aromatic rings. The van der Waals surface area contributed by atoms with Crippen molar-refractivity contribution in [3.05, 3.63) is 28.2 Å². The summed E-state index contributed by atoms with van der Waals surface area (Å²) in [6.45, 7) is 5.69. The van der Waals surface area contributed by atoms with Crippen molar-refractivity contribution in [3.8, 4) is 5.75 Å². The zero-order valence-corrected chi connectivity index (χ0v) is 13.9. The number of hydrogen-bond acceptors (Lipinski definition) is 3. The van der Waals surface area contributed by atoms with Crippen LogP contribution in [-0.4, -0.2) is 32.1 Å². The zero-order chi connectivity index (χ0) is 15.0. The monoisotopic (exact) mass is 342 g/mol. The van der Waals surface area contributed by atoms with Crippen LogP contribution in [0, 0.1) is 0 Å². The van der Waals surface area contributed by atoms with E-state index in [0.717, 1.165) is 28.8 Å². The van der Waals surface area contributed by atoms with Crippen LogP contribution < -0.4 is 15.4 Å². The number of benzene rings is 1. The van der Waals surface area contributed by atoms with Gasteiger partial charge in [0.2, 0.25) is 5.91 Å². The van der Waals surface area contributed by atoms with Gasteiger partial charge in [-0.05, 0) is 53.5 Å². The third-order valence-corrected chi connectivity index (χ3v) is 3.63. The molecule has 0 radical (unpaired) electrons. The molecule has 112 valence electrons. The Balaban J connectivity index is 2.35. The molecule has 0 aromatic heterocycles. The van der Waals surface area contributed by atoms with Gasteiger partial charge in [0, 0.05) is 19.0 Å². The molecular formula is C15H23BrN2O2. The van der Waals surface area contributed by atoms with Crippen molar-refractivity contribution < 1.29 is 9.53 Å². The summed E-state index contributed by atoms with van der Waals surface area (Å²) in [5.41, 5.74) is 1.12. The van der Waals surface area contributed by atoms with E-state index in [1.165, 1.54) is 0 Å². The van der Waals surface area contributed by atoms with Crippen LogP contribution >= 0.6 is 15.9 Å². The van der Waals surface area contributed by atoms with E-state index in [9.17, 15) is 4.79 Å². The smallest absolute Gasteiger partial charge is 0.220 e. The summed E-state index contributed by atoms with van der Waals surface area (Å²) < 4.78 is 6.10. The van der Waals surface area contributed by atoms with Gasteiger partial charge >= 0.3 is 0 Å². The van der Waals surface area contributed by atoms with Crippen LogP contribution in [0.1, 0.15) is 25.8 Å². The predicted octanol–water partition coefficient (Wildman–Crippen LogP) is 2.50. The van der Waals surface area contributed by atoms with Crippen LogP contribution in [0.3, 0.4) is 0 Å². The van der Waals surface area contributed by atoms with Gasteiger partial charge in [-0.3, -0.25) is 4.79 Å². The molecule has 0 saturated carbocycles. The molecule has 0 saturated heterocycles. The summed E-state index contributed by atoms with van der Waals surface area (Å²) >= 11 is 3.45. The number of methoxy groups -OCH3 is 1. The van der Waals surface area contributed by atoms with Gasteiger partial charge in [0.05, 0.1) is 11.6 Å². The van der Waals surface area contributed by atoms with Crippen LogP contribution in [0.4, 0.5) is 0 Å². The second-order valence-corrected chi connectivity index (χ2v) is 5.59. The Labute approximate surface area is 129 Å². The fourth-order valence-corrected chi connectivity index (χ4v) is 2.49. The molecule has 0 aliphatic rings. The summed E-state index contributed by atoms with van der Waals surface area (Å²) in [4.78, 5) is 11.8. The average Bonchev–Trinajstić information content (AvgIpc) is 2.43. The van der Waals surface area contributed by atoms with Crippen molar-refractivity contribution in [2.24, 2.45) is 0 Å². The number of aryl methyl sites for hydroxylation is 1. The Hall–Kier alpha value is -1.07. The number of likely N-dealkylation sites (N-methyl/N-ethyl adjacent to an activating group) is 1. The van der Waals surface area contributed by atoms with Crippen molar-refractivity contribution >= 4 is 21.8 Å². The lowest BCUT2D eigenvalue weighted by atomic mass is 10.1. The van der Waals surface area contributed by atoms with Gasteiger partial charge in [0.15, 0.2) is 0 Å². The Morgan fingerprint density at radius 3 is 2.80 bits per heavy atom. The summed E-state index contributed by atoms with van der Waals surface area (Å²) in [6.07, 6.45) is 1.22. The number of amides is 1. The van der Waals surface area contributed by atoms with Gasteiger partial charge in [-0.2, -0.15) is 0 Å².